The fourth-order valence-electron chi connectivity index (χ4n) is 1.86. The largest absolute Gasteiger partial charge is 0.330 e. The summed E-state index contributed by atoms with van der Waals surface area (Å²) >= 11 is 8.79. The lowest BCUT2D eigenvalue weighted by Crippen LogP contribution is -1.92. The molecule has 0 aliphatic rings. The highest BCUT2D eigenvalue weighted by Gasteiger charge is 2.07. The summed E-state index contributed by atoms with van der Waals surface area (Å²) < 4.78 is 5.43. The van der Waals surface area contributed by atoms with E-state index in [0.717, 1.165) is 21.2 Å². The number of hydrogen-bond acceptors (Lipinski definition) is 2. The summed E-state index contributed by atoms with van der Waals surface area (Å²) in [6, 6.07) is 6.04. The van der Waals surface area contributed by atoms with Crippen molar-refractivity contribution in [2.75, 3.05) is 0 Å². The lowest BCUT2D eigenvalue weighted by molar-refractivity contribution is 0.767. The number of aryl methyl sites for hydroxylation is 1. The molecule has 3 rings (SSSR count). The maximum Gasteiger partial charge on any atom is 0.182 e. The van der Waals surface area contributed by atoms with E-state index >= 15 is 0 Å². The van der Waals surface area contributed by atoms with Crippen LogP contribution in [0.5, 0.6) is 0 Å². The Morgan fingerprint density at radius 1 is 1.41 bits per heavy atom. The molecule has 0 saturated heterocycles. The summed E-state index contributed by atoms with van der Waals surface area (Å²) in [5.74, 6) is 0. The predicted molar refractivity (Wildman–Crippen MR) is 72.9 cm³/mol. The van der Waals surface area contributed by atoms with E-state index in [2.05, 4.69) is 26.0 Å². The smallest absolute Gasteiger partial charge is 0.182 e. The summed E-state index contributed by atoms with van der Waals surface area (Å²) in [7, 11) is 1.89. The van der Waals surface area contributed by atoms with Crippen LogP contribution in [0, 0.1) is 4.77 Å². The number of imidazole rings is 1. The number of hydrogen-bond donors (Lipinski definition) is 1. The first-order chi connectivity index (χ1) is 8.15. The van der Waals surface area contributed by atoms with Crippen LogP contribution in [-0.4, -0.2) is 19.3 Å². The van der Waals surface area contributed by atoms with E-state index in [-0.39, 0.29) is 0 Å². The quantitative estimate of drug-likeness (QED) is 0.701. The van der Waals surface area contributed by atoms with Gasteiger partial charge in [-0.25, -0.2) is 0 Å². The molecule has 2 heterocycles. The number of fused-ring (bicyclic) bond motifs is 1. The van der Waals surface area contributed by atoms with Gasteiger partial charge in [0.1, 0.15) is 0 Å². The third kappa shape index (κ3) is 1.73. The maximum absolute atomic E-state index is 5.34. The van der Waals surface area contributed by atoms with Crippen molar-refractivity contribution in [2.24, 2.45) is 7.05 Å². The van der Waals surface area contributed by atoms with Gasteiger partial charge < -0.3 is 4.98 Å². The van der Waals surface area contributed by atoms with Crippen LogP contribution in [0.15, 0.2) is 35.1 Å². The summed E-state index contributed by atoms with van der Waals surface area (Å²) in [6.45, 7) is 0. The molecule has 4 nitrogen and oxygen atoms in total. The average Bonchev–Trinajstić information content (AvgIpc) is 2.80. The van der Waals surface area contributed by atoms with Crippen molar-refractivity contribution < 1.29 is 0 Å². The molecule has 0 atom stereocenters. The third-order valence-corrected chi connectivity index (χ3v) is 3.37. The molecule has 17 heavy (non-hydrogen) atoms. The zero-order valence-electron chi connectivity index (χ0n) is 9.01. The summed E-state index contributed by atoms with van der Waals surface area (Å²) in [6.07, 6.45) is 3.73. The fraction of sp³-hybridized carbons (Fsp3) is 0.0909. The SMILES string of the molecule is Cn1cc(-n2c(=S)[nH]c3cc(Br)ccc32)cn1. The molecule has 3 aromatic rings. The normalized spacial score (nSPS) is 11.2. The molecule has 0 fully saturated rings. The molecule has 0 saturated carbocycles. The molecule has 0 bridgehead atoms. The number of halogens is 1. The molecule has 1 aromatic carbocycles. The number of aromatic amines is 1. The van der Waals surface area contributed by atoms with Gasteiger partial charge in [-0.05, 0) is 30.4 Å². The van der Waals surface area contributed by atoms with Crippen molar-refractivity contribution in [3.05, 3.63) is 39.8 Å². The molecule has 0 radical (unpaired) electrons. The van der Waals surface area contributed by atoms with E-state index in [1.165, 1.54) is 0 Å². The number of H-pyrrole nitrogens is 1. The van der Waals surface area contributed by atoms with Gasteiger partial charge in [-0.3, -0.25) is 9.25 Å². The lowest BCUT2D eigenvalue weighted by atomic mass is 10.3. The van der Waals surface area contributed by atoms with Crippen molar-refractivity contribution in [1.82, 2.24) is 19.3 Å². The van der Waals surface area contributed by atoms with Crippen molar-refractivity contribution in [2.45, 2.75) is 0 Å². The van der Waals surface area contributed by atoms with Crippen LogP contribution >= 0.6 is 28.1 Å². The zero-order chi connectivity index (χ0) is 12.0. The van der Waals surface area contributed by atoms with Gasteiger partial charge in [0, 0.05) is 17.7 Å². The Balaban J connectivity index is 2.36. The molecule has 0 amide bonds. The first-order valence-electron chi connectivity index (χ1n) is 5.04. The van der Waals surface area contributed by atoms with Gasteiger partial charge in [-0.2, -0.15) is 5.10 Å². The van der Waals surface area contributed by atoms with E-state index in [9.17, 15) is 0 Å². The Kier molecular flexibility index (Phi) is 2.41. The highest BCUT2D eigenvalue weighted by Crippen LogP contribution is 2.22. The number of benzene rings is 1. The molecule has 0 aliphatic heterocycles. The summed E-state index contributed by atoms with van der Waals surface area (Å²) in [4.78, 5) is 3.19. The van der Waals surface area contributed by atoms with Gasteiger partial charge in [-0.1, -0.05) is 15.9 Å². The molecular formula is C11H9BrN4S. The van der Waals surface area contributed by atoms with Crippen LogP contribution in [0.3, 0.4) is 0 Å². The van der Waals surface area contributed by atoms with E-state index < -0.39 is 0 Å². The topological polar surface area (TPSA) is 38.5 Å². The van der Waals surface area contributed by atoms with Gasteiger partial charge in [0.2, 0.25) is 0 Å². The number of nitrogens with zero attached hydrogens (tertiary/aromatic N) is 3. The number of nitrogens with one attached hydrogen (secondary N) is 1. The van der Waals surface area contributed by atoms with Gasteiger partial charge in [0.25, 0.3) is 0 Å². The molecule has 0 spiro atoms. The van der Waals surface area contributed by atoms with Crippen molar-refractivity contribution in [1.29, 1.82) is 0 Å². The monoisotopic (exact) mass is 308 g/mol. The summed E-state index contributed by atoms with van der Waals surface area (Å²) in [5.41, 5.74) is 3.02. The Hall–Kier alpha value is -1.40. The van der Waals surface area contributed by atoms with Gasteiger partial charge in [-0.15, -0.1) is 0 Å². The average molecular weight is 309 g/mol. The van der Waals surface area contributed by atoms with E-state index in [1.807, 2.05) is 36.0 Å². The van der Waals surface area contributed by atoms with Crippen molar-refractivity contribution >= 4 is 39.2 Å². The Labute approximate surface area is 111 Å². The minimum atomic E-state index is 0.672. The highest BCUT2D eigenvalue weighted by molar-refractivity contribution is 9.10. The van der Waals surface area contributed by atoms with E-state index in [1.54, 1.807) is 10.9 Å². The highest BCUT2D eigenvalue weighted by atomic mass is 79.9. The molecule has 0 aliphatic carbocycles. The van der Waals surface area contributed by atoms with E-state index in [4.69, 9.17) is 12.2 Å². The number of aromatic nitrogens is 4. The minimum Gasteiger partial charge on any atom is -0.330 e. The lowest BCUT2D eigenvalue weighted by Gasteiger charge is -1.99. The third-order valence-electron chi connectivity index (χ3n) is 2.59. The zero-order valence-corrected chi connectivity index (χ0v) is 11.4. The van der Waals surface area contributed by atoms with Crippen LogP contribution in [0.2, 0.25) is 0 Å². The van der Waals surface area contributed by atoms with Gasteiger partial charge in [0.15, 0.2) is 4.77 Å². The maximum atomic E-state index is 5.34. The second-order valence-corrected chi connectivity index (χ2v) is 5.10. The Morgan fingerprint density at radius 3 is 2.94 bits per heavy atom. The standard InChI is InChI=1S/C11H9BrN4S/c1-15-6-8(5-13-15)16-10-3-2-7(12)4-9(10)14-11(16)17/h2-6H,1H3,(H,14,17). The molecule has 86 valence electrons. The van der Waals surface area contributed by atoms with Gasteiger partial charge >= 0.3 is 0 Å². The predicted octanol–water partition coefficient (Wildman–Crippen LogP) is 3.18. The van der Waals surface area contributed by atoms with Crippen LogP contribution in [-0.2, 0) is 7.05 Å². The number of rotatable bonds is 1. The van der Waals surface area contributed by atoms with Crippen LogP contribution in [0.1, 0.15) is 0 Å². The van der Waals surface area contributed by atoms with Crippen molar-refractivity contribution in [3.8, 4) is 5.69 Å². The first-order valence-corrected chi connectivity index (χ1v) is 6.24. The van der Waals surface area contributed by atoms with Crippen LogP contribution < -0.4 is 0 Å². The Bertz CT molecular complexity index is 752. The molecule has 6 heteroatoms. The minimum absolute atomic E-state index is 0.672. The fourth-order valence-corrected chi connectivity index (χ4v) is 2.54. The van der Waals surface area contributed by atoms with Gasteiger partial charge in [0.05, 0.1) is 22.9 Å². The van der Waals surface area contributed by atoms with E-state index in [0.29, 0.717) is 4.77 Å². The molecule has 2 aromatic heterocycles. The Morgan fingerprint density at radius 2 is 2.24 bits per heavy atom. The van der Waals surface area contributed by atoms with Crippen molar-refractivity contribution in [3.63, 3.8) is 0 Å². The first kappa shape index (κ1) is 10.7. The summed E-state index contributed by atoms with van der Waals surface area (Å²) in [5, 5.41) is 4.16. The van der Waals surface area contributed by atoms with Crippen LogP contribution in [0.4, 0.5) is 0 Å². The molecule has 0 unspecified atom stereocenters. The second-order valence-electron chi connectivity index (χ2n) is 3.80. The second kappa shape index (κ2) is 3.82. The molecular weight excluding hydrogens is 300 g/mol. The molecule has 1 N–H and O–H groups in total. The van der Waals surface area contributed by atoms with Crippen LogP contribution in [0.25, 0.3) is 16.7 Å².